The van der Waals surface area contributed by atoms with E-state index in [0.717, 1.165) is 35.5 Å². The van der Waals surface area contributed by atoms with E-state index in [9.17, 15) is 9.59 Å². The number of rotatable bonds is 6. The standard InChI is InChI=1S/C22H32N4O4S/c1-5-26-19-16(8-6-10-29-11-7-9-23-20(19)27)17(25-26)12-22(3,4)14-30-21(28)18-13-31-15(2)24-18/h13H,5-12,14H2,1-4H3,(H,23,27). The van der Waals surface area contributed by atoms with Crippen LogP contribution in [0.4, 0.5) is 0 Å². The number of ether oxygens (including phenoxy) is 2. The smallest absolute Gasteiger partial charge is 0.357 e. The molecule has 2 aromatic rings. The highest BCUT2D eigenvalue weighted by Gasteiger charge is 2.29. The Morgan fingerprint density at radius 2 is 2.13 bits per heavy atom. The van der Waals surface area contributed by atoms with E-state index in [4.69, 9.17) is 14.6 Å². The van der Waals surface area contributed by atoms with Crippen molar-refractivity contribution in [1.82, 2.24) is 20.1 Å². The Hall–Kier alpha value is -2.26. The number of carbonyl (C=O) groups is 2. The molecule has 0 aliphatic carbocycles. The Balaban J connectivity index is 1.77. The Labute approximate surface area is 187 Å². The highest BCUT2D eigenvalue weighted by Crippen LogP contribution is 2.27. The van der Waals surface area contributed by atoms with Gasteiger partial charge in [-0.1, -0.05) is 13.8 Å². The highest BCUT2D eigenvalue weighted by molar-refractivity contribution is 7.09. The number of esters is 1. The van der Waals surface area contributed by atoms with E-state index in [2.05, 4.69) is 10.3 Å². The summed E-state index contributed by atoms with van der Waals surface area (Å²) in [5.74, 6) is -0.493. The number of hydrogen-bond acceptors (Lipinski definition) is 7. The quantitative estimate of drug-likeness (QED) is 0.682. The molecular formula is C22H32N4O4S. The predicted molar refractivity (Wildman–Crippen MR) is 119 cm³/mol. The highest BCUT2D eigenvalue weighted by atomic mass is 32.1. The second kappa shape index (κ2) is 10.4. The average molecular weight is 449 g/mol. The maximum Gasteiger partial charge on any atom is 0.357 e. The van der Waals surface area contributed by atoms with E-state index in [1.165, 1.54) is 11.3 Å². The second-order valence-corrected chi connectivity index (χ2v) is 9.65. The van der Waals surface area contributed by atoms with Crippen molar-refractivity contribution in [3.63, 3.8) is 0 Å². The number of aromatic nitrogens is 3. The number of thiazole rings is 1. The SMILES string of the molecule is CCn1nc(CC(C)(C)COC(=O)c2csc(C)n2)c2c1C(=O)NCCCOCCC2. The summed E-state index contributed by atoms with van der Waals surface area (Å²) in [7, 11) is 0. The van der Waals surface area contributed by atoms with Crippen LogP contribution in [0, 0.1) is 12.3 Å². The van der Waals surface area contributed by atoms with Crippen LogP contribution in [0.2, 0.25) is 0 Å². The van der Waals surface area contributed by atoms with Gasteiger partial charge in [-0.25, -0.2) is 9.78 Å². The van der Waals surface area contributed by atoms with E-state index in [1.807, 2.05) is 27.7 Å². The molecule has 0 atom stereocenters. The van der Waals surface area contributed by atoms with Crippen molar-refractivity contribution >= 4 is 23.2 Å². The first kappa shape index (κ1) is 23.4. The number of carbonyl (C=O) groups excluding carboxylic acids is 2. The molecule has 1 N–H and O–H groups in total. The Morgan fingerprint density at radius 3 is 2.84 bits per heavy atom. The number of nitrogens with zero attached hydrogens (tertiary/aromatic N) is 3. The van der Waals surface area contributed by atoms with Crippen molar-refractivity contribution in [2.75, 3.05) is 26.4 Å². The first-order valence-corrected chi connectivity index (χ1v) is 11.7. The van der Waals surface area contributed by atoms with Crippen LogP contribution in [-0.4, -0.2) is 53.0 Å². The lowest BCUT2D eigenvalue weighted by Gasteiger charge is -2.23. The fraction of sp³-hybridized carbons (Fsp3) is 0.636. The van der Waals surface area contributed by atoms with Crippen molar-refractivity contribution in [2.45, 2.75) is 59.9 Å². The molecule has 8 nitrogen and oxygen atoms in total. The van der Waals surface area contributed by atoms with Crippen molar-refractivity contribution in [3.8, 4) is 0 Å². The third-order valence-corrected chi connectivity index (χ3v) is 5.96. The third-order valence-electron chi connectivity index (χ3n) is 5.18. The first-order chi connectivity index (χ1) is 14.8. The van der Waals surface area contributed by atoms with Crippen molar-refractivity contribution in [2.24, 2.45) is 5.41 Å². The minimum atomic E-state index is -0.410. The van der Waals surface area contributed by atoms with Gasteiger partial charge in [0.15, 0.2) is 5.69 Å². The zero-order valence-electron chi connectivity index (χ0n) is 18.8. The maximum atomic E-state index is 12.9. The van der Waals surface area contributed by atoms with Gasteiger partial charge in [0.1, 0.15) is 5.69 Å². The number of hydrogen-bond donors (Lipinski definition) is 1. The summed E-state index contributed by atoms with van der Waals surface area (Å²) in [6.45, 7) is 10.7. The zero-order valence-corrected chi connectivity index (χ0v) is 19.6. The molecule has 0 unspecified atom stereocenters. The van der Waals surface area contributed by atoms with Gasteiger partial charge in [-0.3, -0.25) is 9.48 Å². The van der Waals surface area contributed by atoms with Gasteiger partial charge < -0.3 is 14.8 Å². The third kappa shape index (κ3) is 6.13. The van der Waals surface area contributed by atoms with Crippen LogP contribution in [0.1, 0.15) is 70.9 Å². The molecule has 9 heteroatoms. The fourth-order valence-corrected chi connectivity index (χ4v) is 4.23. The van der Waals surface area contributed by atoms with Gasteiger partial charge >= 0.3 is 5.97 Å². The van der Waals surface area contributed by atoms with E-state index < -0.39 is 5.97 Å². The Bertz CT molecular complexity index is 919. The van der Waals surface area contributed by atoms with Crippen LogP contribution in [0.3, 0.4) is 0 Å². The molecule has 0 fully saturated rings. The average Bonchev–Trinajstić information content (AvgIpc) is 3.30. The molecule has 2 aromatic heterocycles. The molecule has 1 aliphatic rings. The number of nitrogens with one attached hydrogen (secondary N) is 1. The van der Waals surface area contributed by atoms with Gasteiger partial charge in [0.2, 0.25) is 0 Å². The van der Waals surface area contributed by atoms with Crippen LogP contribution in [0.15, 0.2) is 5.38 Å². The van der Waals surface area contributed by atoms with Crippen LogP contribution >= 0.6 is 11.3 Å². The lowest BCUT2D eigenvalue weighted by Crippen LogP contribution is -2.28. The molecule has 0 aromatic carbocycles. The van der Waals surface area contributed by atoms with Gasteiger partial charge in [-0.15, -0.1) is 11.3 Å². The van der Waals surface area contributed by atoms with Crippen LogP contribution in [0.25, 0.3) is 0 Å². The number of amides is 1. The van der Waals surface area contributed by atoms with E-state index >= 15 is 0 Å². The molecule has 0 bridgehead atoms. The minimum absolute atomic E-state index is 0.0827. The summed E-state index contributed by atoms with van der Waals surface area (Å²) in [6, 6.07) is 0. The molecule has 3 rings (SSSR count). The van der Waals surface area contributed by atoms with Gasteiger partial charge in [-0.05, 0) is 33.1 Å². The van der Waals surface area contributed by atoms with Gasteiger partial charge in [0, 0.05) is 49.1 Å². The normalized spacial score (nSPS) is 15.7. The zero-order chi connectivity index (χ0) is 22.4. The largest absolute Gasteiger partial charge is 0.460 e. The summed E-state index contributed by atoms with van der Waals surface area (Å²) in [4.78, 5) is 29.4. The van der Waals surface area contributed by atoms with Gasteiger partial charge in [0.05, 0.1) is 17.3 Å². The predicted octanol–water partition coefficient (Wildman–Crippen LogP) is 3.18. The molecule has 0 spiro atoms. The van der Waals surface area contributed by atoms with Gasteiger partial charge in [0.25, 0.3) is 5.91 Å². The molecule has 170 valence electrons. The van der Waals surface area contributed by atoms with E-state index in [0.29, 0.717) is 44.1 Å². The number of fused-ring (bicyclic) bond motifs is 1. The molecule has 0 saturated carbocycles. The molecule has 1 amide bonds. The molecular weight excluding hydrogens is 416 g/mol. The monoisotopic (exact) mass is 448 g/mol. The topological polar surface area (TPSA) is 95.3 Å². The van der Waals surface area contributed by atoms with E-state index in [1.54, 1.807) is 10.1 Å². The van der Waals surface area contributed by atoms with Crippen LogP contribution < -0.4 is 5.32 Å². The molecule has 0 saturated heterocycles. The molecule has 0 radical (unpaired) electrons. The van der Waals surface area contributed by atoms with Gasteiger partial charge in [-0.2, -0.15) is 5.10 Å². The molecule has 1 aliphatic heterocycles. The summed E-state index contributed by atoms with van der Waals surface area (Å²) in [5, 5.41) is 10.3. The van der Waals surface area contributed by atoms with Crippen molar-refractivity contribution < 1.29 is 19.1 Å². The molecule has 31 heavy (non-hydrogen) atoms. The first-order valence-electron chi connectivity index (χ1n) is 10.8. The molecule has 3 heterocycles. The number of aryl methyl sites for hydroxylation is 2. The summed E-state index contributed by atoms with van der Waals surface area (Å²) in [6.07, 6.45) is 2.96. The van der Waals surface area contributed by atoms with Crippen molar-refractivity contribution in [3.05, 3.63) is 33.0 Å². The van der Waals surface area contributed by atoms with Crippen LogP contribution in [-0.2, 0) is 28.9 Å². The van der Waals surface area contributed by atoms with Crippen LogP contribution in [0.5, 0.6) is 0 Å². The Kier molecular flexibility index (Phi) is 7.83. The lowest BCUT2D eigenvalue weighted by atomic mass is 9.86. The Morgan fingerprint density at radius 1 is 1.35 bits per heavy atom. The second-order valence-electron chi connectivity index (χ2n) is 8.58. The lowest BCUT2D eigenvalue weighted by molar-refractivity contribution is 0.0333. The summed E-state index contributed by atoms with van der Waals surface area (Å²) in [5.41, 5.74) is 2.50. The van der Waals surface area contributed by atoms with Crippen molar-refractivity contribution in [1.29, 1.82) is 0 Å². The fourth-order valence-electron chi connectivity index (χ4n) is 3.65. The minimum Gasteiger partial charge on any atom is -0.460 e. The summed E-state index contributed by atoms with van der Waals surface area (Å²) < 4.78 is 13.0. The van der Waals surface area contributed by atoms with E-state index in [-0.39, 0.29) is 17.9 Å². The summed E-state index contributed by atoms with van der Waals surface area (Å²) >= 11 is 1.43. The maximum absolute atomic E-state index is 12.9.